The molecule has 1 aliphatic heterocycles. The summed E-state index contributed by atoms with van der Waals surface area (Å²) in [5, 5.41) is 0. The van der Waals surface area contributed by atoms with Crippen LogP contribution in [0, 0.1) is 5.92 Å². The summed E-state index contributed by atoms with van der Waals surface area (Å²) in [5.41, 5.74) is 0. The Morgan fingerprint density at radius 3 is 2.15 bits per heavy atom. The maximum atomic E-state index is 5.63. The first-order valence-corrected chi connectivity index (χ1v) is 4.74. The fourth-order valence-electron chi connectivity index (χ4n) is 1.39. The van der Waals surface area contributed by atoms with Gasteiger partial charge in [-0.25, -0.2) is 0 Å². The lowest BCUT2D eigenvalue weighted by Crippen LogP contribution is -2.15. The van der Waals surface area contributed by atoms with E-state index >= 15 is 0 Å². The van der Waals surface area contributed by atoms with Gasteiger partial charge in [-0.2, -0.15) is 0 Å². The van der Waals surface area contributed by atoms with Gasteiger partial charge in [-0.05, 0) is 18.6 Å². The summed E-state index contributed by atoms with van der Waals surface area (Å²) >= 11 is 0. The third-order valence-corrected chi connectivity index (χ3v) is 2.38. The number of benzene rings is 1. The number of ether oxygens (including phenoxy) is 2. The van der Waals surface area contributed by atoms with Crippen molar-refractivity contribution in [1.82, 2.24) is 0 Å². The highest BCUT2D eigenvalue weighted by Gasteiger charge is 2.15. The van der Waals surface area contributed by atoms with Gasteiger partial charge in [0.05, 0.1) is 13.2 Å². The molecule has 0 amide bonds. The van der Waals surface area contributed by atoms with Gasteiger partial charge in [-0.3, -0.25) is 0 Å². The second-order valence-electron chi connectivity index (χ2n) is 3.34. The minimum atomic E-state index is 0.521. The zero-order chi connectivity index (χ0) is 9.10. The largest absolute Gasteiger partial charge is 0.489 e. The quantitative estimate of drug-likeness (QED) is 0.657. The number of hydrogen-bond donors (Lipinski definition) is 0. The summed E-state index contributed by atoms with van der Waals surface area (Å²) in [4.78, 5) is 0. The summed E-state index contributed by atoms with van der Waals surface area (Å²) < 4.78 is 11.3. The number of rotatable bonds is 1. The highest BCUT2D eigenvalue weighted by atomic mass is 16.5. The van der Waals surface area contributed by atoms with E-state index in [1.807, 2.05) is 24.3 Å². The van der Waals surface area contributed by atoms with Crippen molar-refractivity contribution in [3.8, 4) is 11.5 Å². The van der Waals surface area contributed by atoms with Crippen molar-refractivity contribution in [2.45, 2.75) is 13.3 Å². The molecule has 0 fully saturated rings. The van der Waals surface area contributed by atoms with E-state index in [1.165, 1.54) is 0 Å². The van der Waals surface area contributed by atoms with Gasteiger partial charge in [0.25, 0.3) is 0 Å². The Hall–Kier alpha value is -1.18. The third-order valence-electron chi connectivity index (χ3n) is 2.38. The lowest BCUT2D eigenvalue weighted by Gasteiger charge is -2.08. The van der Waals surface area contributed by atoms with Crippen LogP contribution in [0.4, 0.5) is 0 Å². The Morgan fingerprint density at radius 2 is 1.69 bits per heavy atom. The molecule has 1 aromatic rings. The first-order valence-electron chi connectivity index (χ1n) is 4.74. The maximum Gasteiger partial charge on any atom is 0.161 e. The highest BCUT2D eigenvalue weighted by Crippen LogP contribution is 2.29. The molecule has 0 saturated heterocycles. The van der Waals surface area contributed by atoms with E-state index in [9.17, 15) is 0 Å². The summed E-state index contributed by atoms with van der Waals surface area (Å²) in [7, 11) is 0. The zero-order valence-electron chi connectivity index (χ0n) is 7.82. The molecule has 0 saturated carbocycles. The van der Waals surface area contributed by atoms with E-state index in [0.717, 1.165) is 31.1 Å². The fourth-order valence-corrected chi connectivity index (χ4v) is 1.39. The average molecular weight is 178 g/mol. The molecule has 1 aromatic carbocycles. The van der Waals surface area contributed by atoms with Crippen LogP contribution in [0.15, 0.2) is 24.3 Å². The molecule has 0 bridgehead atoms. The third kappa shape index (κ3) is 1.77. The second kappa shape index (κ2) is 3.69. The predicted molar refractivity (Wildman–Crippen MR) is 51.2 cm³/mol. The molecule has 70 valence electrons. The van der Waals surface area contributed by atoms with E-state index in [4.69, 9.17) is 9.47 Å². The Kier molecular flexibility index (Phi) is 2.39. The first-order chi connectivity index (χ1) is 6.40. The van der Waals surface area contributed by atoms with Crippen molar-refractivity contribution in [2.24, 2.45) is 5.92 Å². The SMILES string of the molecule is CCC1COc2ccccc2OC1. The van der Waals surface area contributed by atoms with Crippen molar-refractivity contribution in [1.29, 1.82) is 0 Å². The van der Waals surface area contributed by atoms with Crippen LogP contribution in [0.1, 0.15) is 13.3 Å². The molecule has 2 nitrogen and oxygen atoms in total. The molecule has 0 radical (unpaired) electrons. The van der Waals surface area contributed by atoms with Crippen molar-refractivity contribution in [3.63, 3.8) is 0 Å². The van der Waals surface area contributed by atoms with Gasteiger partial charge in [0, 0.05) is 5.92 Å². The van der Waals surface area contributed by atoms with E-state index in [2.05, 4.69) is 6.92 Å². The second-order valence-corrected chi connectivity index (χ2v) is 3.34. The van der Waals surface area contributed by atoms with Crippen LogP contribution in [0.25, 0.3) is 0 Å². The minimum absolute atomic E-state index is 0.521. The van der Waals surface area contributed by atoms with Crippen LogP contribution >= 0.6 is 0 Å². The van der Waals surface area contributed by atoms with E-state index in [0.29, 0.717) is 5.92 Å². The molecule has 0 aliphatic carbocycles. The Bertz CT molecular complexity index is 256. The Morgan fingerprint density at radius 1 is 1.15 bits per heavy atom. The molecule has 0 atom stereocenters. The van der Waals surface area contributed by atoms with Gasteiger partial charge in [-0.1, -0.05) is 19.1 Å². The van der Waals surface area contributed by atoms with Gasteiger partial charge in [-0.15, -0.1) is 0 Å². The standard InChI is InChI=1S/C11H14O2/c1-2-9-7-12-10-5-3-4-6-11(10)13-8-9/h3-6,9H,2,7-8H2,1H3. The minimum Gasteiger partial charge on any atom is -0.489 e. The molecule has 1 aliphatic rings. The van der Waals surface area contributed by atoms with E-state index in [-0.39, 0.29) is 0 Å². The van der Waals surface area contributed by atoms with Crippen LogP contribution in [-0.4, -0.2) is 13.2 Å². The zero-order valence-corrected chi connectivity index (χ0v) is 7.82. The molecule has 2 heteroatoms. The molecule has 0 unspecified atom stereocenters. The topological polar surface area (TPSA) is 18.5 Å². The van der Waals surface area contributed by atoms with Crippen LogP contribution in [-0.2, 0) is 0 Å². The summed E-state index contributed by atoms with van der Waals surface area (Å²) in [5.74, 6) is 2.27. The Labute approximate surface area is 78.5 Å². The molecular weight excluding hydrogens is 164 g/mol. The Balaban J connectivity index is 2.17. The summed E-state index contributed by atoms with van der Waals surface area (Å²) in [6.45, 7) is 3.70. The van der Waals surface area contributed by atoms with Crippen molar-refractivity contribution < 1.29 is 9.47 Å². The van der Waals surface area contributed by atoms with Crippen LogP contribution in [0.3, 0.4) is 0 Å². The van der Waals surface area contributed by atoms with Crippen molar-refractivity contribution in [3.05, 3.63) is 24.3 Å². The van der Waals surface area contributed by atoms with E-state index in [1.54, 1.807) is 0 Å². The number of hydrogen-bond acceptors (Lipinski definition) is 2. The first kappa shape index (κ1) is 8.42. The van der Waals surface area contributed by atoms with Gasteiger partial charge < -0.3 is 9.47 Å². The molecule has 0 N–H and O–H groups in total. The predicted octanol–water partition coefficient (Wildman–Crippen LogP) is 2.48. The molecule has 0 spiro atoms. The van der Waals surface area contributed by atoms with Crippen molar-refractivity contribution >= 4 is 0 Å². The molecular formula is C11H14O2. The monoisotopic (exact) mass is 178 g/mol. The number of para-hydroxylation sites is 2. The number of fused-ring (bicyclic) bond motifs is 1. The maximum absolute atomic E-state index is 5.63. The lowest BCUT2D eigenvalue weighted by atomic mass is 10.1. The normalized spacial score (nSPS) is 16.7. The van der Waals surface area contributed by atoms with Gasteiger partial charge in [0.2, 0.25) is 0 Å². The van der Waals surface area contributed by atoms with Gasteiger partial charge in [0.1, 0.15) is 0 Å². The van der Waals surface area contributed by atoms with E-state index < -0.39 is 0 Å². The molecule has 2 rings (SSSR count). The smallest absolute Gasteiger partial charge is 0.161 e. The van der Waals surface area contributed by atoms with Gasteiger partial charge in [0.15, 0.2) is 11.5 Å². The van der Waals surface area contributed by atoms with Crippen LogP contribution < -0.4 is 9.47 Å². The highest BCUT2D eigenvalue weighted by molar-refractivity contribution is 5.39. The van der Waals surface area contributed by atoms with Crippen LogP contribution in [0.5, 0.6) is 11.5 Å². The fraction of sp³-hybridized carbons (Fsp3) is 0.455. The molecule has 13 heavy (non-hydrogen) atoms. The van der Waals surface area contributed by atoms with Crippen LogP contribution in [0.2, 0.25) is 0 Å². The summed E-state index contributed by atoms with van der Waals surface area (Å²) in [6, 6.07) is 7.84. The molecule has 0 aromatic heterocycles. The summed E-state index contributed by atoms with van der Waals surface area (Å²) in [6.07, 6.45) is 1.11. The lowest BCUT2D eigenvalue weighted by molar-refractivity contribution is 0.210. The molecule has 1 heterocycles. The van der Waals surface area contributed by atoms with Gasteiger partial charge >= 0.3 is 0 Å². The average Bonchev–Trinajstić information content (AvgIpc) is 2.39. The van der Waals surface area contributed by atoms with Crippen molar-refractivity contribution in [2.75, 3.05) is 13.2 Å².